The highest BCUT2D eigenvalue weighted by atomic mass is 32.1. The number of carbonyl (C=O) groups excluding carboxylic acids is 1. The van der Waals surface area contributed by atoms with Crippen molar-refractivity contribution in [2.75, 3.05) is 13.1 Å². The van der Waals surface area contributed by atoms with Crippen molar-refractivity contribution in [1.82, 2.24) is 15.6 Å². The fourth-order valence-electron chi connectivity index (χ4n) is 2.17. The summed E-state index contributed by atoms with van der Waals surface area (Å²) in [7, 11) is 0. The number of rotatable bonds is 4. The maximum absolute atomic E-state index is 12.1. The van der Waals surface area contributed by atoms with Gasteiger partial charge in [-0.25, -0.2) is 4.98 Å². The molecule has 4 nitrogen and oxygen atoms in total. The van der Waals surface area contributed by atoms with Crippen molar-refractivity contribution in [3.63, 3.8) is 0 Å². The lowest BCUT2D eigenvalue weighted by Gasteiger charge is -2.29. The quantitative estimate of drug-likeness (QED) is 0.875. The first-order valence-electron chi connectivity index (χ1n) is 6.67. The number of hydrogen-bond acceptors (Lipinski definition) is 4. The van der Waals surface area contributed by atoms with Crippen LogP contribution in [0.25, 0.3) is 0 Å². The second-order valence-corrected chi connectivity index (χ2v) is 6.03. The normalized spacial score (nSPS) is 23.9. The van der Waals surface area contributed by atoms with Gasteiger partial charge in [-0.05, 0) is 31.7 Å². The maximum atomic E-state index is 12.1. The van der Waals surface area contributed by atoms with Gasteiger partial charge in [-0.1, -0.05) is 13.8 Å². The van der Waals surface area contributed by atoms with E-state index in [0.29, 0.717) is 5.92 Å². The highest BCUT2D eigenvalue weighted by molar-refractivity contribution is 7.13. The SMILES string of the molecule is CCCc1ncc(C(=O)NC2CNCCC2C)s1. The van der Waals surface area contributed by atoms with Gasteiger partial charge in [0.2, 0.25) is 0 Å². The molecule has 0 bridgehead atoms. The zero-order chi connectivity index (χ0) is 13.0. The monoisotopic (exact) mass is 267 g/mol. The van der Waals surface area contributed by atoms with Gasteiger partial charge in [0.15, 0.2) is 0 Å². The molecule has 0 spiro atoms. The molecule has 2 heterocycles. The molecule has 100 valence electrons. The summed E-state index contributed by atoms with van der Waals surface area (Å²) in [6, 6.07) is 0.239. The number of hydrogen-bond donors (Lipinski definition) is 2. The standard InChI is InChI=1S/C13H21N3OS/c1-3-4-12-15-8-11(18-12)13(17)16-10-7-14-6-5-9(10)2/h8-10,14H,3-7H2,1-2H3,(H,16,17). The number of aryl methyl sites for hydroxylation is 1. The van der Waals surface area contributed by atoms with Crippen LogP contribution in [0.2, 0.25) is 0 Å². The Bertz CT molecular complexity index is 405. The Morgan fingerprint density at radius 1 is 1.67 bits per heavy atom. The molecule has 1 saturated heterocycles. The summed E-state index contributed by atoms with van der Waals surface area (Å²) in [5.41, 5.74) is 0. The van der Waals surface area contributed by atoms with E-state index in [1.165, 1.54) is 11.3 Å². The van der Waals surface area contributed by atoms with Crippen molar-refractivity contribution >= 4 is 17.2 Å². The van der Waals surface area contributed by atoms with Gasteiger partial charge in [-0.2, -0.15) is 0 Å². The van der Waals surface area contributed by atoms with Crippen molar-refractivity contribution in [2.24, 2.45) is 5.92 Å². The van der Waals surface area contributed by atoms with Gasteiger partial charge in [0.05, 0.1) is 11.2 Å². The Labute approximate surface area is 112 Å². The molecule has 0 aliphatic carbocycles. The minimum atomic E-state index is 0.0235. The molecule has 2 N–H and O–H groups in total. The Hall–Kier alpha value is -0.940. The van der Waals surface area contributed by atoms with Crippen LogP contribution in [0.5, 0.6) is 0 Å². The van der Waals surface area contributed by atoms with Crippen LogP contribution >= 0.6 is 11.3 Å². The maximum Gasteiger partial charge on any atom is 0.263 e. The minimum absolute atomic E-state index is 0.0235. The third-order valence-corrected chi connectivity index (χ3v) is 4.44. The average molecular weight is 267 g/mol. The summed E-state index contributed by atoms with van der Waals surface area (Å²) >= 11 is 1.51. The van der Waals surface area contributed by atoms with Crippen molar-refractivity contribution in [3.05, 3.63) is 16.1 Å². The van der Waals surface area contributed by atoms with E-state index in [0.717, 1.165) is 42.2 Å². The molecule has 5 heteroatoms. The summed E-state index contributed by atoms with van der Waals surface area (Å²) in [6.45, 7) is 6.24. The Kier molecular flexibility index (Phi) is 4.72. The van der Waals surface area contributed by atoms with E-state index in [-0.39, 0.29) is 11.9 Å². The first kappa shape index (κ1) is 13.5. The van der Waals surface area contributed by atoms with E-state index in [4.69, 9.17) is 0 Å². The molecule has 0 aromatic carbocycles. The number of thiazole rings is 1. The fraction of sp³-hybridized carbons (Fsp3) is 0.692. The van der Waals surface area contributed by atoms with Crippen molar-refractivity contribution in [2.45, 2.75) is 39.2 Å². The summed E-state index contributed by atoms with van der Waals surface area (Å²) in [5.74, 6) is 0.564. The van der Waals surface area contributed by atoms with Crippen LogP contribution < -0.4 is 10.6 Å². The summed E-state index contributed by atoms with van der Waals surface area (Å²) in [5, 5.41) is 7.48. The lowest BCUT2D eigenvalue weighted by Crippen LogP contribution is -2.50. The molecule has 1 aromatic heterocycles. The van der Waals surface area contributed by atoms with E-state index >= 15 is 0 Å². The zero-order valence-corrected chi connectivity index (χ0v) is 11.8. The molecule has 2 rings (SSSR count). The summed E-state index contributed by atoms with van der Waals surface area (Å²) in [6.07, 6.45) is 4.85. The second kappa shape index (κ2) is 6.29. The lowest BCUT2D eigenvalue weighted by atomic mass is 9.95. The fourth-order valence-corrected chi connectivity index (χ4v) is 3.09. The van der Waals surface area contributed by atoms with Crippen LogP contribution in [-0.4, -0.2) is 30.0 Å². The highest BCUT2D eigenvalue weighted by Crippen LogP contribution is 2.16. The number of nitrogens with zero attached hydrogens (tertiary/aromatic N) is 1. The molecule has 2 unspecified atom stereocenters. The van der Waals surface area contributed by atoms with E-state index in [1.54, 1.807) is 6.20 Å². The molecule has 2 atom stereocenters. The van der Waals surface area contributed by atoms with Crippen molar-refractivity contribution < 1.29 is 4.79 Å². The predicted molar refractivity (Wildman–Crippen MR) is 74.0 cm³/mol. The molecular formula is C13H21N3OS. The Morgan fingerprint density at radius 2 is 2.50 bits per heavy atom. The van der Waals surface area contributed by atoms with Crippen LogP contribution in [0.1, 0.15) is 41.4 Å². The number of nitrogens with one attached hydrogen (secondary N) is 2. The third kappa shape index (κ3) is 3.29. The van der Waals surface area contributed by atoms with E-state index < -0.39 is 0 Å². The molecule has 0 saturated carbocycles. The van der Waals surface area contributed by atoms with Crippen LogP contribution in [0, 0.1) is 5.92 Å². The summed E-state index contributed by atoms with van der Waals surface area (Å²) in [4.78, 5) is 17.1. The largest absolute Gasteiger partial charge is 0.347 e. The van der Waals surface area contributed by atoms with Gasteiger partial charge >= 0.3 is 0 Å². The van der Waals surface area contributed by atoms with E-state index in [2.05, 4.69) is 29.5 Å². The van der Waals surface area contributed by atoms with Gasteiger partial charge in [-0.15, -0.1) is 11.3 Å². The average Bonchev–Trinajstić information content (AvgIpc) is 2.81. The molecule has 0 radical (unpaired) electrons. The van der Waals surface area contributed by atoms with Crippen molar-refractivity contribution in [1.29, 1.82) is 0 Å². The summed E-state index contributed by atoms with van der Waals surface area (Å²) < 4.78 is 0. The molecule has 1 aromatic rings. The molecule has 1 amide bonds. The Morgan fingerprint density at radius 3 is 3.22 bits per heavy atom. The topological polar surface area (TPSA) is 54.0 Å². The van der Waals surface area contributed by atoms with Gasteiger partial charge in [0.25, 0.3) is 5.91 Å². The smallest absolute Gasteiger partial charge is 0.263 e. The number of aromatic nitrogens is 1. The first-order valence-corrected chi connectivity index (χ1v) is 7.48. The molecular weight excluding hydrogens is 246 g/mol. The first-order chi connectivity index (χ1) is 8.70. The number of carbonyl (C=O) groups is 1. The number of amides is 1. The second-order valence-electron chi connectivity index (χ2n) is 4.92. The van der Waals surface area contributed by atoms with E-state index in [9.17, 15) is 4.79 Å². The van der Waals surface area contributed by atoms with Gasteiger partial charge in [-0.3, -0.25) is 4.79 Å². The number of piperidine rings is 1. The predicted octanol–water partition coefficient (Wildman–Crippen LogP) is 1.82. The van der Waals surface area contributed by atoms with Gasteiger partial charge in [0.1, 0.15) is 4.88 Å². The molecule has 1 fully saturated rings. The lowest BCUT2D eigenvalue weighted by molar-refractivity contribution is 0.0919. The van der Waals surface area contributed by atoms with Crippen LogP contribution in [0.4, 0.5) is 0 Å². The zero-order valence-electron chi connectivity index (χ0n) is 11.0. The molecule has 1 aliphatic rings. The Balaban J connectivity index is 1.93. The van der Waals surface area contributed by atoms with Crippen molar-refractivity contribution in [3.8, 4) is 0 Å². The van der Waals surface area contributed by atoms with Crippen LogP contribution in [0.15, 0.2) is 6.20 Å². The third-order valence-electron chi connectivity index (χ3n) is 3.39. The molecule has 18 heavy (non-hydrogen) atoms. The highest BCUT2D eigenvalue weighted by Gasteiger charge is 2.23. The van der Waals surface area contributed by atoms with Gasteiger partial charge < -0.3 is 10.6 Å². The van der Waals surface area contributed by atoms with Crippen LogP contribution in [-0.2, 0) is 6.42 Å². The minimum Gasteiger partial charge on any atom is -0.347 e. The van der Waals surface area contributed by atoms with E-state index in [1.807, 2.05) is 0 Å². The molecule has 1 aliphatic heterocycles. The van der Waals surface area contributed by atoms with Gasteiger partial charge in [0, 0.05) is 12.6 Å². The van der Waals surface area contributed by atoms with Crippen LogP contribution in [0.3, 0.4) is 0 Å².